The van der Waals surface area contributed by atoms with E-state index in [1.165, 1.54) is 0 Å². The fraction of sp³-hybridized carbons (Fsp3) is 0.154. The molecular formula is C13H11Cl2N3S. The summed E-state index contributed by atoms with van der Waals surface area (Å²) in [7, 11) is 0. The van der Waals surface area contributed by atoms with Crippen molar-refractivity contribution in [3.05, 3.63) is 57.3 Å². The van der Waals surface area contributed by atoms with Crippen LogP contribution in [0.25, 0.3) is 4.96 Å². The topological polar surface area (TPSA) is 43.3 Å². The van der Waals surface area contributed by atoms with Crippen molar-refractivity contribution >= 4 is 39.5 Å². The fourth-order valence-corrected chi connectivity index (χ4v) is 3.18. The lowest BCUT2D eigenvalue weighted by Gasteiger charge is -2.13. The van der Waals surface area contributed by atoms with Crippen LogP contribution in [0.2, 0.25) is 10.0 Å². The van der Waals surface area contributed by atoms with E-state index < -0.39 is 0 Å². The van der Waals surface area contributed by atoms with Crippen LogP contribution in [0.3, 0.4) is 0 Å². The molecule has 19 heavy (non-hydrogen) atoms. The van der Waals surface area contributed by atoms with Gasteiger partial charge in [-0.05, 0) is 11.6 Å². The second-order valence-electron chi connectivity index (χ2n) is 4.28. The third-order valence-electron chi connectivity index (χ3n) is 2.95. The van der Waals surface area contributed by atoms with E-state index in [0.29, 0.717) is 16.5 Å². The number of rotatable bonds is 3. The van der Waals surface area contributed by atoms with Crippen molar-refractivity contribution in [2.75, 3.05) is 0 Å². The van der Waals surface area contributed by atoms with E-state index in [-0.39, 0.29) is 6.04 Å². The summed E-state index contributed by atoms with van der Waals surface area (Å²) >= 11 is 13.8. The maximum atomic E-state index is 6.20. The zero-order chi connectivity index (χ0) is 13.4. The molecule has 0 amide bonds. The third-order valence-corrected chi connectivity index (χ3v) is 4.56. The van der Waals surface area contributed by atoms with Crippen LogP contribution in [0, 0.1) is 0 Å². The molecular weight excluding hydrogens is 301 g/mol. The van der Waals surface area contributed by atoms with Crippen LogP contribution in [-0.2, 0) is 6.42 Å². The second kappa shape index (κ2) is 5.13. The van der Waals surface area contributed by atoms with E-state index in [9.17, 15) is 0 Å². The smallest absolute Gasteiger partial charge is 0.193 e. The number of thiazole rings is 1. The van der Waals surface area contributed by atoms with E-state index in [0.717, 1.165) is 16.2 Å². The SMILES string of the molecule is NC(Cc1cn2ccsc2n1)c1cccc(Cl)c1Cl. The first-order valence-corrected chi connectivity index (χ1v) is 7.39. The van der Waals surface area contributed by atoms with Gasteiger partial charge in [-0.25, -0.2) is 4.98 Å². The van der Waals surface area contributed by atoms with Crippen molar-refractivity contribution < 1.29 is 0 Å². The van der Waals surface area contributed by atoms with Crippen molar-refractivity contribution in [1.29, 1.82) is 0 Å². The van der Waals surface area contributed by atoms with E-state index in [1.807, 2.05) is 34.3 Å². The van der Waals surface area contributed by atoms with Gasteiger partial charge in [0.05, 0.1) is 15.7 Å². The monoisotopic (exact) mass is 311 g/mol. The van der Waals surface area contributed by atoms with Crippen molar-refractivity contribution in [1.82, 2.24) is 9.38 Å². The number of nitrogens with zero attached hydrogens (tertiary/aromatic N) is 2. The van der Waals surface area contributed by atoms with Gasteiger partial charge in [-0.1, -0.05) is 35.3 Å². The maximum absolute atomic E-state index is 6.20. The van der Waals surface area contributed by atoms with Crippen molar-refractivity contribution in [2.45, 2.75) is 12.5 Å². The third kappa shape index (κ3) is 2.49. The molecule has 1 aromatic carbocycles. The minimum atomic E-state index is -0.212. The number of hydrogen-bond donors (Lipinski definition) is 1. The predicted molar refractivity (Wildman–Crippen MR) is 80.2 cm³/mol. The molecule has 0 radical (unpaired) electrons. The van der Waals surface area contributed by atoms with Gasteiger partial charge in [-0.15, -0.1) is 11.3 Å². The lowest BCUT2D eigenvalue weighted by atomic mass is 10.0. The molecule has 0 aliphatic carbocycles. The summed E-state index contributed by atoms with van der Waals surface area (Å²) < 4.78 is 1.99. The molecule has 0 aliphatic heterocycles. The van der Waals surface area contributed by atoms with Crippen LogP contribution in [0.1, 0.15) is 17.3 Å². The molecule has 0 saturated heterocycles. The number of hydrogen-bond acceptors (Lipinski definition) is 3. The van der Waals surface area contributed by atoms with E-state index in [2.05, 4.69) is 4.98 Å². The number of fused-ring (bicyclic) bond motifs is 1. The molecule has 1 unspecified atom stereocenters. The lowest BCUT2D eigenvalue weighted by Crippen LogP contribution is -2.14. The first-order chi connectivity index (χ1) is 9.15. The van der Waals surface area contributed by atoms with Gasteiger partial charge in [0.25, 0.3) is 0 Å². The highest BCUT2D eigenvalue weighted by Crippen LogP contribution is 2.30. The fourth-order valence-electron chi connectivity index (χ4n) is 2.02. The summed E-state index contributed by atoms with van der Waals surface area (Å²) in [5, 5.41) is 3.05. The maximum Gasteiger partial charge on any atom is 0.193 e. The van der Waals surface area contributed by atoms with Gasteiger partial charge in [0.15, 0.2) is 4.96 Å². The quantitative estimate of drug-likeness (QED) is 0.796. The molecule has 2 aromatic heterocycles. The minimum absolute atomic E-state index is 0.212. The number of nitrogens with two attached hydrogens (primary N) is 1. The number of benzene rings is 1. The zero-order valence-corrected chi connectivity index (χ0v) is 12.2. The predicted octanol–water partition coefficient (Wildman–Crippen LogP) is 3.95. The Morgan fingerprint density at radius 3 is 3.00 bits per heavy atom. The van der Waals surface area contributed by atoms with Gasteiger partial charge in [0, 0.05) is 30.2 Å². The molecule has 2 N–H and O–H groups in total. The van der Waals surface area contributed by atoms with Gasteiger partial charge in [-0.2, -0.15) is 0 Å². The number of halogens is 2. The van der Waals surface area contributed by atoms with Gasteiger partial charge < -0.3 is 5.73 Å². The summed E-state index contributed by atoms with van der Waals surface area (Å²) in [6.45, 7) is 0. The molecule has 3 rings (SSSR count). The molecule has 1 atom stereocenters. The van der Waals surface area contributed by atoms with Crippen molar-refractivity contribution in [2.24, 2.45) is 5.73 Å². The molecule has 0 aliphatic rings. The van der Waals surface area contributed by atoms with Crippen molar-refractivity contribution in [3.8, 4) is 0 Å². The van der Waals surface area contributed by atoms with Crippen LogP contribution in [-0.4, -0.2) is 9.38 Å². The van der Waals surface area contributed by atoms with E-state index in [1.54, 1.807) is 17.4 Å². The summed E-state index contributed by atoms with van der Waals surface area (Å²) in [6, 6.07) is 5.30. The van der Waals surface area contributed by atoms with Gasteiger partial charge in [0.2, 0.25) is 0 Å². The summed E-state index contributed by atoms with van der Waals surface area (Å²) in [4.78, 5) is 5.49. The number of aromatic nitrogens is 2. The van der Waals surface area contributed by atoms with Crippen LogP contribution < -0.4 is 5.73 Å². The summed E-state index contributed by atoms with van der Waals surface area (Å²) in [5.41, 5.74) is 8.00. The normalized spacial score (nSPS) is 13.0. The van der Waals surface area contributed by atoms with Gasteiger partial charge in [-0.3, -0.25) is 4.40 Å². The van der Waals surface area contributed by atoms with Gasteiger partial charge in [0.1, 0.15) is 0 Å². The zero-order valence-electron chi connectivity index (χ0n) is 9.88. The molecule has 0 spiro atoms. The van der Waals surface area contributed by atoms with Crippen LogP contribution in [0.5, 0.6) is 0 Å². The Morgan fingerprint density at radius 2 is 2.21 bits per heavy atom. The molecule has 0 bridgehead atoms. The second-order valence-corrected chi connectivity index (χ2v) is 5.94. The van der Waals surface area contributed by atoms with Crippen LogP contribution >= 0.6 is 34.5 Å². The highest BCUT2D eigenvalue weighted by molar-refractivity contribution is 7.15. The van der Waals surface area contributed by atoms with E-state index in [4.69, 9.17) is 28.9 Å². The Kier molecular flexibility index (Phi) is 3.50. The molecule has 6 heteroatoms. The van der Waals surface area contributed by atoms with Crippen LogP contribution in [0.4, 0.5) is 0 Å². The molecule has 2 heterocycles. The Hall–Kier alpha value is -1.07. The number of imidazole rings is 1. The van der Waals surface area contributed by atoms with Crippen molar-refractivity contribution in [3.63, 3.8) is 0 Å². The van der Waals surface area contributed by atoms with E-state index >= 15 is 0 Å². The first-order valence-electron chi connectivity index (χ1n) is 5.75. The van der Waals surface area contributed by atoms with Gasteiger partial charge >= 0.3 is 0 Å². The largest absolute Gasteiger partial charge is 0.324 e. The molecule has 0 fully saturated rings. The summed E-state index contributed by atoms with van der Waals surface area (Å²) in [5.74, 6) is 0. The molecule has 3 nitrogen and oxygen atoms in total. The van der Waals surface area contributed by atoms with Crippen LogP contribution in [0.15, 0.2) is 36.0 Å². The Labute approximate surface area is 124 Å². The Morgan fingerprint density at radius 1 is 1.37 bits per heavy atom. The first kappa shape index (κ1) is 12.9. The highest BCUT2D eigenvalue weighted by atomic mass is 35.5. The molecule has 98 valence electrons. The standard InChI is InChI=1S/C13H11Cl2N3S/c14-10-3-1-2-9(12(10)15)11(16)6-8-7-18-4-5-19-13(18)17-8/h1-5,7,11H,6,16H2. The Balaban J connectivity index is 1.86. The Bertz CT molecular complexity index is 691. The molecule has 3 aromatic rings. The minimum Gasteiger partial charge on any atom is -0.324 e. The molecule has 0 saturated carbocycles. The average Bonchev–Trinajstić information content (AvgIpc) is 2.93. The summed E-state index contributed by atoms with van der Waals surface area (Å²) in [6.07, 6.45) is 4.60. The average molecular weight is 312 g/mol. The highest BCUT2D eigenvalue weighted by Gasteiger charge is 2.14. The lowest BCUT2D eigenvalue weighted by molar-refractivity contribution is 0.710.